The first-order chi connectivity index (χ1) is 18.9. The molecule has 39 heavy (non-hydrogen) atoms. The Kier molecular flexibility index (Phi) is 7.88. The molecular formula is C28H36ClN7O2S. The first kappa shape index (κ1) is 26.7. The number of benzene rings is 1. The third kappa shape index (κ3) is 5.99. The van der Waals surface area contributed by atoms with Gasteiger partial charge < -0.3 is 14.7 Å². The highest BCUT2D eigenvalue weighted by atomic mass is 35.5. The van der Waals surface area contributed by atoms with Crippen LogP contribution >= 0.6 is 22.9 Å². The second kappa shape index (κ2) is 11.5. The number of anilines is 1. The molecule has 0 atom stereocenters. The summed E-state index contributed by atoms with van der Waals surface area (Å²) in [5.74, 6) is 0.927. The molecule has 3 aliphatic heterocycles. The van der Waals surface area contributed by atoms with Crippen molar-refractivity contribution in [1.29, 1.82) is 0 Å². The van der Waals surface area contributed by atoms with E-state index in [1.807, 2.05) is 39.9 Å². The van der Waals surface area contributed by atoms with Gasteiger partial charge in [-0.2, -0.15) is 0 Å². The highest BCUT2D eigenvalue weighted by Gasteiger charge is 2.32. The van der Waals surface area contributed by atoms with Gasteiger partial charge in [-0.1, -0.05) is 35.1 Å². The lowest BCUT2D eigenvalue weighted by molar-refractivity contribution is -0.138. The normalized spacial score (nSPS) is 20.7. The molecule has 11 heteroatoms. The van der Waals surface area contributed by atoms with Gasteiger partial charge in [0.1, 0.15) is 5.78 Å². The van der Waals surface area contributed by atoms with E-state index < -0.39 is 0 Å². The number of halogens is 1. The van der Waals surface area contributed by atoms with Crippen molar-refractivity contribution in [3.05, 3.63) is 35.5 Å². The lowest BCUT2D eigenvalue weighted by Gasteiger charge is -2.38. The van der Waals surface area contributed by atoms with Crippen molar-refractivity contribution in [3.63, 3.8) is 0 Å². The van der Waals surface area contributed by atoms with Crippen molar-refractivity contribution in [1.82, 2.24) is 29.3 Å². The summed E-state index contributed by atoms with van der Waals surface area (Å²) in [6, 6.07) is 7.67. The number of fused-ring (bicyclic) bond motifs is 1. The molecule has 0 spiro atoms. The maximum Gasteiger partial charge on any atom is 0.225 e. The van der Waals surface area contributed by atoms with Crippen LogP contribution in [0.5, 0.6) is 0 Å². The number of piperazine rings is 1. The molecule has 2 aromatic heterocycles. The molecule has 208 valence electrons. The fourth-order valence-corrected chi connectivity index (χ4v) is 7.02. The molecule has 0 aliphatic carbocycles. The maximum atomic E-state index is 13.3. The predicted molar refractivity (Wildman–Crippen MR) is 154 cm³/mol. The number of likely N-dealkylation sites (tertiary alicyclic amines) is 1. The fourth-order valence-electron chi connectivity index (χ4n) is 5.96. The number of rotatable bonds is 6. The molecule has 0 radical (unpaired) electrons. The molecule has 0 unspecified atom stereocenters. The van der Waals surface area contributed by atoms with E-state index in [0.717, 1.165) is 99.4 Å². The largest absolute Gasteiger partial charge is 0.347 e. The molecule has 6 rings (SSSR count). The summed E-state index contributed by atoms with van der Waals surface area (Å²) >= 11 is 7.59. The standard InChI is InChI=1S/C28H36ClN7O2S/c1-32-10-6-21(7-11-32)25(37)19-33-14-16-34(17-15-33)26(38)22-8-12-35(13-9-22)28-31-36-18-24(30-27(36)39-28)20-2-4-23(29)5-3-20/h2-5,18,21-22H,6-17,19H2,1H3. The third-order valence-corrected chi connectivity index (χ3v) is 9.76. The molecule has 3 aromatic rings. The van der Waals surface area contributed by atoms with E-state index in [1.54, 1.807) is 11.3 Å². The second-order valence-electron chi connectivity index (χ2n) is 11.2. The number of piperidine rings is 2. The zero-order valence-electron chi connectivity index (χ0n) is 22.5. The van der Waals surface area contributed by atoms with Gasteiger partial charge >= 0.3 is 0 Å². The molecule has 5 heterocycles. The quantitative estimate of drug-likeness (QED) is 0.450. The van der Waals surface area contributed by atoms with Gasteiger partial charge in [0.2, 0.25) is 16.0 Å². The van der Waals surface area contributed by atoms with E-state index in [1.165, 1.54) is 0 Å². The Bertz CT molecular complexity index is 1270. The van der Waals surface area contributed by atoms with Gasteiger partial charge in [-0.3, -0.25) is 14.5 Å². The van der Waals surface area contributed by atoms with Crippen molar-refractivity contribution < 1.29 is 9.59 Å². The summed E-state index contributed by atoms with van der Waals surface area (Å²) < 4.78 is 1.85. The highest BCUT2D eigenvalue weighted by molar-refractivity contribution is 7.20. The molecule has 3 saturated heterocycles. The molecule has 9 nitrogen and oxygen atoms in total. The van der Waals surface area contributed by atoms with Crippen LogP contribution in [0.1, 0.15) is 25.7 Å². The fraction of sp³-hybridized carbons (Fsp3) is 0.571. The Labute approximate surface area is 238 Å². The zero-order chi connectivity index (χ0) is 26.9. The first-order valence-corrected chi connectivity index (χ1v) is 15.2. The van der Waals surface area contributed by atoms with Gasteiger partial charge in [-0.05, 0) is 58.0 Å². The van der Waals surface area contributed by atoms with Crippen LogP contribution in [0.4, 0.5) is 5.13 Å². The highest BCUT2D eigenvalue weighted by Crippen LogP contribution is 2.30. The molecular weight excluding hydrogens is 534 g/mol. The first-order valence-electron chi connectivity index (χ1n) is 14.0. The summed E-state index contributed by atoms with van der Waals surface area (Å²) in [4.78, 5) is 40.5. The number of imidazole rings is 1. The van der Waals surface area contributed by atoms with Gasteiger partial charge in [-0.25, -0.2) is 9.50 Å². The minimum absolute atomic E-state index is 0.0641. The van der Waals surface area contributed by atoms with Crippen molar-refractivity contribution in [2.24, 2.45) is 11.8 Å². The number of ketones is 1. The van der Waals surface area contributed by atoms with Gasteiger partial charge in [-0.15, -0.1) is 5.10 Å². The van der Waals surface area contributed by atoms with E-state index in [0.29, 0.717) is 17.4 Å². The Morgan fingerprint density at radius 3 is 2.26 bits per heavy atom. The van der Waals surface area contributed by atoms with Crippen molar-refractivity contribution in [2.45, 2.75) is 25.7 Å². The van der Waals surface area contributed by atoms with Crippen LogP contribution in [0, 0.1) is 11.8 Å². The Morgan fingerprint density at radius 2 is 1.59 bits per heavy atom. The number of hydrogen-bond acceptors (Lipinski definition) is 8. The second-order valence-corrected chi connectivity index (χ2v) is 12.5. The van der Waals surface area contributed by atoms with Crippen LogP contribution < -0.4 is 4.90 Å². The number of carbonyl (C=O) groups is 2. The predicted octanol–water partition coefficient (Wildman–Crippen LogP) is 3.38. The van der Waals surface area contributed by atoms with Crippen LogP contribution in [0.25, 0.3) is 16.2 Å². The number of hydrogen-bond donors (Lipinski definition) is 0. The Hall–Kier alpha value is -2.53. The molecule has 0 bridgehead atoms. The van der Waals surface area contributed by atoms with Crippen LogP contribution in [0.15, 0.2) is 30.5 Å². The number of nitrogens with zero attached hydrogens (tertiary/aromatic N) is 7. The van der Waals surface area contributed by atoms with Crippen molar-refractivity contribution in [3.8, 4) is 11.3 Å². The van der Waals surface area contributed by atoms with E-state index >= 15 is 0 Å². The molecule has 3 fully saturated rings. The smallest absolute Gasteiger partial charge is 0.225 e. The summed E-state index contributed by atoms with van der Waals surface area (Å²) in [7, 11) is 2.12. The minimum Gasteiger partial charge on any atom is -0.347 e. The van der Waals surface area contributed by atoms with E-state index in [-0.39, 0.29) is 17.7 Å². The monoisotopic (exact) mass is 569 g/mol. The number of amides is 1. The van der Waals surface area contributed by atoms with Gasteiger partial charge in [0.05, 0.1) is 18.4 Å². The minimum atomic E-state index is 0.0641. The van der Waals surface area contributed by atoms with Crippen LogP contribution in [0.3, 0.4) is 0 Å². The molecule has 1 aromatic carbocycles. The SMILES string of the molecule is CN1CCC(C(=O)CN2CCN(C(=O)C3CCN(c4nn5cc(-c6ccc(Cl)cc6)nc5s4)CC3)CC2)CC1. The summed E-state index contributed by atoms with van der Waals surface area (Å²) in [5.41, 5.74) is 1.90. The van der Waals surface area contributed by atoms with Crippen molar-refractivity contribution in [2.75, 3.05) is 70.9 Å². The van der Waals surface area contributed by atoms with Crippen LogP contribution in [0.2, 0.25) is 5.02 Å². The number of carbonyl (C=O) groups excluding carboxylic acids is 2. The maximum absolute atomic E-state index is 13.3. The van der Waals surface area contributed by atoms with Gasteiger partial charge in [0, 0.05) is 61.7 Å². The number of Topliss-reactive ketones (excluding diaryl/α,β-unsaturated/α-hetero) is 1. The number of aromatic nitrogens is 3. The Morgan fingerprint density at radius 1 is 0.923 bits per heavy atom. The molecule has 0 N–H and O–H groups in total. The van der Waals surface area contributed by atoms with Gasteiger partial charge in [0.25, 0.3) is 0 Å². The summed E-state index contributed by atoms with van der Waals surface area (Å²) in [5, 5.41) is 6.43. The molecule has 0 saturated carbocycles. The van der Waals surface area contributed by atoms with Crippen molar-refractivity contribution >= 4 is 44.7 Å². The van der Waals surface area contributed by atoms with E-state index in [9.17, 15) is 9.59 Å². The molecule has 1 amide bonds. The average Bonchev–Trinajstić information content (AvgIpc) is 3.54. The zero-order valence-corrected chi connectivity index (χ0v) is 24.0. The third-order valence-electron chi connectivity index (χ3n) is 8.52. The summed E-state index contributed by atoms with van der Waals surface area (Å²) in [6.07, 6.45) is 5.59. The topological polar surface area (TPSA) is 77.3 Å². The van der Waals surface area contributed by atoms with E-state index in [2.05, 4.69) is 21.7 Å². The summed E-state index contributed by atoms with van der Waals surface area (Å²) in [6.45, 7) is 7.23. The lowest BCUT2D eigenvalue weighted by atomic mass is 9.92. The lowest BCUT2D eigenvalue weighted by Crippen LogP contribution is -2.53. The van der Waals surface area contributed by atoms with E-state index in [4.69, 9.17) is 21.7 Å². The Balaban J connectivity index is 0.968. The van der Waals surface area contributed by atoms with Crippen LogP contribution in [-0.4, -0.2) is 107 Å². The average molecular weight is 570 g/mol. The van der Waals surface area contributed by atoms with Gasteiger partial charge in [0.15, 0.2) is 0 Å². The van der Waals surface area contributed by atoms with Crippen LogP contribution in [-0.2, 0) is 9.59 Å². The molecule has 3 aliphatic rings.